The second kappa shape index (κ2) is 5.98. The summed E-state index contributed by atoms with van der Waals surface area (Å²) in [5, 5.41) is 6.25. The molecule has 0 aliphatic carbocycles. The molecule has 82 valence electrons. The summed E-state index contributed by atoms with van der Waals surface area (Å²) < 4.78 is 0. The highest BCUT2D eigenvalue weighted by Gasteiger charge is 2.17. The molecule has 1 unspecified atom stereocenters. The summed E-state index contributed by atoms with van der Waals surface area (Å²) in [6.45, 7) is 8.49. The Balaban J connectivity index is 2.18. The van der Waals surface area contributed by atoms with E-state index in [9.17, 15) is 4.79 Å². The van der Waals surface area contributed by atoms with Crippen LogP contribution in [0.2, 0.25) is 0 Å². The van der Waals surface area contributed by atoms with Gasteiger partial charge in [0.25, 0.3) is 0 Å². The fraction of sp³-hybridized carbons (Fsp3) is 0.900. The van der Waals surface area contributed by atoms with Crippen molar-refractivity contribution in [2.45, 2.75) is 26.3 Å². The molecule has 4 nitrogen and oxygen atoms in total. The molecule has 0 saturated carbocycles. The maximum atomic E-state index is 11.4. The summed E-state index contributed by atoms with van der Waals surface area (Å²) in [7, 11) is 0. The molecule has 0 spiro atoms. The van der Waals surface area contributed by atoms with Crippen LogP contribution in [0.4, 0.5) is 0 Å². The van der Waals surface area contributed by atoms with Gasteiger partial charge in [-0.2, -0.15) is 0 Å². The first kappa shape index (κ1) is 11.5. The van der Waals surface area contributed by atoms with Crippen LogP contribution in [0.3, 0.4) is 0 Å². The molecule has 1 aliphatic rings. The maximum Gasteiger partial charge on any atom is 0.234 e. The predicted molar refractivity (Wildman–Crippen MR) is 57.2 cm³/mol. The molecule has 1 saturated heterocycles. The Bertz CT molecular complexity index is 184. The van der Waals surface area contributed by atoms with Gasteiger partial charge in [0.15, 0.2) is 0 Å². The SMILES string of the molecule is CCCNC(=O)CN1CCNC(C)C1. The minimum Gasteiger partial charge on any atom is -0.355 e. The van der Waals surface area contributed by atoms with E-state index in [1.165, 1.54) is 0 Å². The van der Waals surface area contributed by atoms with E-state index < -0.39 is 0 Å². The van der Waals surface area contributed by atoms with Crippen LogP contribution >= 0.6 is 0 Å². The molecule has 1 atom stereocenters. The zero-order valence-corrected chi connectivity index (χ0v) is 9.18. The van der Waals surface area contributed by atoms with E-state index in [2.05, 4.69) is 29.4 Å². The summed E-state index contributed by atoms with van der Waals surface area (Å²) in [6.07, 6.45) is 1.00. The van der Waals surface area contributed by atoms with E-state index in [0.717, 1.165) is 32.6 Å². The van der Waals surface area contributed by atoms with Gasteiger partial charge in [0.05, 0.1) is 6.54 Å². The molecule has 1 aliphatic heterocycles. The summed E-state index contributed by atoms with van der Waals surface area (Å²) in [5.41, 5.74) is 0. The zero-order chi connectivity index (χ0) is 10.4. The van der Waals surface area contributed by atoms with Crippen LogP contribution < -0.4 is 10.6 Å². The van der Waals surface area contributed by atoms with Crippen LogP contribution in [0.5, 0.6) is 0 Å². The van der Waals surface area contributed by atoms with Crippen molar-refractivity contribution in [1.82, 2.24) is 15.5 Å². The third kappa shape index (κ3) is 4.07. The highest BCUT2D eigenvalue weighted by atomic mass is 16.2. The van der Waals surface area contributed by atoms with E-state index in [1.807, 2.05) is 0 Å². The van der Waals surface area contributed by atoms with Crippen LogP contribution in [0, 0.1) is 0 Å². The van der Waals surface area contributed by atoms with Gasteiger partial charge in [0.1, 0.15) is 0 Å². The molecule has 4 heteroatoms. The van der Waals surface area contributed by atoms with Crippen molar-refractivity contribution in [1.29, 1.82) is 0 Å². The smallest absolute Gasteiger partial charge is 0.234 e. The van der Waals surface area contributed by atoms with Gasteiger partial charge < -0.3 is 10.6 Å². The zero-order valence-electron chi connectivity index (χ0n) is 9.18. The molecule has 0 aromatic rings. The van der Waals surface area contributed by atoms with Crippen molar-refractivity contribution >= 4 is 5.91 Å². The van der Waals surface area contributed by atoms with E-state index in [0.29, 0.717) is 12.6 Å². The van der Waals surface area contributed by atoms with Gasteiger partial charge in [-0.05, 0) is 13.3 Å². The Morgan fingerprint density at radius 3 is 3.07 bits per heavy atom. The fourth-order valence-electron chi connectivity index (χ4n) is 1.68. The van der Waals surface area contributed by atoms with Crippen molar-refractivity contribution in [3.63, 3.8) is 0 Å². The lowest BCUT2D eigenvalue weighted by molar-refractivity contribution is -0.122. The highest BCUT2D eigenvalue weighted by molar-refractivity contribution is 5.77. The molecule has 1 heterocycles. The van der Waals surface area contributed by atoms with Gasteiger partial charge in [-0.15, -0.1) is 0 Å². The largest absolute Gasteiger partial charge is 0.355 e. The van der Waals surface area contributed by atoms with Crippen molar-refractivity contribution < 1.29 is 4.79 Å². The van der Waals surface area contributed by atoms with Gasteiger partial charge in [-0.25, -0.2) is 0 Å². The molecule has 0 radical (unpaired) electrons. The summed E-state index contributed by atoms with van der Waals surface area (Å²) >= 11 is 0. The van der Waals surface area contributed by atoms with Gasteiger partial charge in [-0.3, -0.25) is 9.69 Å². The number of carbonyl (C=O) groups is 1. The Morgan fingerprint density at radius 2 is 2.43 bits per heavy atom. The lowest BCUT2D eigenvalue weighted by atomic mass is 10.2. The molecule has 14 heavy (non-hydrogen) atoms. The second-order valence-electron chi connectivity index (χ2n) is 3.94. The molecule has 0 bridgehead atoms. The molecule has 1 fully saturated rings. The fourth-order valence-corrected chi connectivity index (χ4v) is 1.68. The molecule has 2 N–H and O–H groups in total. The summed E-state index contributed by atoms with van der Waals surface area (Å²) in [4.78, 5) is 13.6. The number of amides is 1. The lowest BCUT2D eigenvalue weighted by Gasteiger charge is -2.31. The predicted octanol–water partition coefficient (Wildman–Crippen LogP) is -0.194. The number of piperazine rings is 1. The minimum atomic E-state index is 0.154. The summed E-state index contributed by atoms with van der Waals surface area (Å²) in [6, 6.07) is 0.503. The van der Waals surface area contributed by atoms with Crippen LogP contribution in [0.1, 0.15) is 20.3 Å². The third-order valence-corrected chi connectivity index (χ3v) is 2.39. The summed E-state index contributed by atoms with van der Waals surface area (Å²) in [5.74, 6) is 0.154. The first-order valence-electron chi connectivity index (χ1n) is 5.44. The van der Waals surface area contributed by atoms with E-state index >= 15 is 0 Å². The van der Waals surface area contributed by atoms with Crippen molar-refractivity contribution in [3.8, 4) is 0 Å². The number of nitrogens with zero attached hydrogens (tertiary/aromatic N) is 1. The normalized spacial score (nSPS) is 23.4. The van der Waals surface area contributed by atoms with E-state index in [-0.39, 0.29) is 5.91 Å². The average Bonchev–Trinajstić information content (AvgIpc) is 2.15. The molecule has 0 aromatic heterocycles. The van der Waals surface area contributed by atoms with E-state index in [4.69, 9.17) is 0 Å². The van der Waals surface area contributed by atoms with Gasteiger partial charge in [0, 0.05) is 32.2 Å². The van der Waals surface area contributed by atoms with Crippen molar-refractivity contribution in [2.75, 3.05) is 32.7 Å². The number of hydrogen-bond acceptors (Lipinski definition) is 3. The van der Waals surface area contributed by atoms with Crippen LogP contribution in [0.15, 0.2) is 0 Å². The average molecular weight is 199 g/mol. The number of carbonyl (C=O) groups excluding carboxylic acids is 1. The Morgan fingerprint density at radius 1 is 1.64 bits per heavy atom. The first-order chi connectivity index (χ1) is 6.72. The van der Waals surface area contributed by atoms with Crippen LogP contribution in [-0.2, 0) is 4.79 Å². The first-order valence-corrected chi connectivity index (χ1v) is 5.44. The number of nitrogens with one attached hydrogen (secondary N) is 2. The van der Waals surface area contributed by atoms with E-state index in [1.54, 1.807) is 0 Å². The van der Waals surface area contributed by atoms with Crippen molar-refractivity contribution in [3.05, 3.63) is 0 Å². The molecule has 1 amide bonds. The number of rotatable bonds is 4. The Kier molecular flexibility index (Phi) is 4.90. The Hall–Kier alpha value is -0.610. The lowest BCUT2D eigenvalue weighted by Crippen LogP contribution is -2.51. The molecule has 1 rings (SSSR count). The maximum absolute atomic E-state index is 11.4. The topological polar surface area (TPSA) is 44.4 Å². The third-order valence-electron chi connectivity index (χ3n) is 2.39. The monoisotopic (exact) mass is 199 g/mol. The second-order valence-corrected chi connectivity index (χ2v) is 3.94. The number of hydrogen-bond donors (Lipinski definition) is 2. The quantitative estimate of drug-likeness (QED) is 0.659. The Labute approximate surface area is 86.0 Å². The van der Waals surface area contributed by atoms with Crippen LogP contribution in [0.25, 0.3) is 0 Å². The highest BCUT2D eigenvalue weighted by Crippen LogP contribution is 1.97. The van der Waals surface area contributed by atoms with Gasteiger partial charge >= 0.3 is 0 Å². The minimum absolute atomic E-state index is 0.154. The van der Waals surface area contributed by atoms with Crippen LogP contribution in [-0.4, -0.2) is 49.6 Å². The van der Waals surface area contributed by atoms with Gasteiger partial charge in [0.2, 0.25) is 5.91 Å². The van der Waals surface area contributed by atoms with Gasteiger partial charge in [-0.1, -0.05) is 6.92 Å². The van der Waals surface area contributed by atoms with Crippen molar-refractivity contribution in [2.24, 2.45) is 0 Å². The molecular weight excluding hydrogens is 178 g/mol. The standard InChI is InChI=1S/C10H21N3O/c1-3-4-12-10(14)8-13-6-5-11-9(2)7-13/h9,11H,3-8H2,1-2H3,(H,12,14). The molecule has 0 aromatic carbocycles. The molecular formula is C10H21N3O.